The van der Waals surface area contributed by atoms with Crippen LogP contribution in [0.25, 0.3) is 0 Å². The number of nitrogens with zero attached hydrogens (tertiary/aromatic N) is 2. The molecular weight excluding hydrogens is 246 g/mol. The monoisotopic (exact) mass is 259 g/mol. The number of pyridine rings is 1. The molecule has 0 spiro atoms. The van der Waals surface area contributed by atoms with Gasteiger partial charge in [-0.15, -0.1) is 0 Å². The number of benzene rings is 1. The highest BCUT2D eigenvalue weighted by Gasteiger charge is 2.08. The number of nitro benzene ring substituents is 1. The molecule has 0 aliphatic heterocycles. The molecule has 0 aliphatic rings. The minimum absolute atomic E-state index is 0.0270. The first-order valence-electron chi connectivity index (χ1n) is 5.70. The highest BCUT2D eigenvalue weighted by atomic mass is 16.6. The number of non-ortho nitro benzene ring substituents is 1. The lowest BCUT2D eigenvalue weighted by Crippen LogP contribution is -2.05. The van der Waals surface area contributed by atoms with Gasteiger partial charge in [-0.1, -0.05) is 6.07 Å². The van der Waals surface area contributed by atoms with E-state index in [4.69, 9.17) is 10.5 Å². The van der Waals surface area contributed by atoms with Crippen molar-refractivity contribution in [2.45, 2.75) is 13.0 Å². The molecule has 0 bridgehead atoms. The van der Waals surface area contributed by atoms with E-state index < -0.39 is 4.92 Å². The standard InChI is InChI=1S/C13H13N3O3/c1-9(14)10-5-6-15-13(7-10)19-12-4-2-3-11(8-12)16(17)18/h2-9H,14H2,1H3. The molecule has 0 fully saturated rings. The van der Waals surface area contributed by atoms with Gasteiger partial charge in [0.15, 0.2) is 0 Å². The molecule has 6 nitrogen and oxygen atoms in total. The lowest BCUT2D eigenvalue weighted by atomic mass is 10.1. The van der Waals surface area contributed by atoms with E-state index in [0.717, 1.165) is 5.56 Å². The van der Waals surface area contributed by atoms with Gasteiger partial charge in [-0.2, -0.15) is 0 Å². The average Bonchev–Trinajstić information content (AvgIpc) is 2.39. The SMILES string of the molecule is CC(N)c1ccnc(Oc2cccc([N+](=O)[O-])c2)c1. The lowest BCUT2D eigenvalue weighted by Gasteiger charge is -2.08. The van der Waals surface area contributed by atoms with E-state index in [1.165, 1.54) is 12.1 Å². The Labute approximate surface area is 110 Å². The largest absolute Gasteiger partial charge is 0.439 e. The van der Waals surface area contributed by atoms with Crippen LogP contribution in [0.15, 0.2) is 42.6 Å². The first-order chi connectivity index (χ1) is 9.06. The van der Waals surface area contributed by atoms with Crippen molar-refractivity contribution in [1.29, 1.82) is 0 Å². The molecule has 0 amide bonds. The quantitative estimate of drug-likeness (QED) is 0.673. The molecule has 1 unspecified atom stereocenters. The number of ether oxygens (including phenoxy) is 1. The van der Waals surface area contributed by atoms with Crippen LogP contribution in [0.1, 0.15) is 18.5 Å². The minimum atomic E-state index is -0.474. The summed E-state index contributed by atoms with van der Waals surface area (Å²) in [6.45, 7) is 1.85. The lowest BCUT2D eigenvalue weighted by molar-refractivity contribution is -0.384. The third kappa shape index (κ3) is 3.26. The second-order valence-electron chi connectivity index (χ2n) is 4.07. The fraction of sp³-hybridized carbons (Fsp3) is 0.154. The molecule has 98 valence electrons. The number of hydrogen-bond acceptors (Lipinski definition) is 5. The second kappa shape index (κ2) is 5.45. The summed E-state index contributed by atoms with van der Waals surface area (Å²) >= 11 is 0. The first kappa shape index (κ1) is 13.0. The Morgan fingerprint density at radius 2 is 2.16 bits per heavy atom. The summed E-state index contributed by atoms with van der Waals surface area (Å²) in [6.07, 6.45) is 1.59. The summed E-state index contributed by atoms with van der Waals surface area (Å²) in [6, 6.07) is 9.32. The Balaban J connectivity index is 2.23. The molecule has 0 saturated heterocycles. The van der Waals surface area contributed by atoms with Crippen LogP contribution in [0.3, 0.4) is 0 Å². The molecule has 1 atom stereocenters. The van der Waals surface area contributed by atoms with Gasteiger partial charge in [-0.3, -0.25) is 10.1 Å². The Hall–Kier alpha value is -2.47. The molecule has 2 rings (SSSR count). The Kier molecular flexibility index (Phi) is 3.72. The van der Waals surface area contributed by atoms with Crippen molar-refractivity contribution in [1.82, 2.24) is 4.98 Å². The zero-order valence-electron chi connectivity index (χ0n) is 10.3. The summed E-state index contributed by atoms with van der Waals surface area (Å²) in [7, 11) is 0. The van der Waals surface area contributed by atoms with Gasteiger partial charge < -0.3 is 10.5 Å². The molecule has 0 radical (unpaired) electrons. The van der Waals surface area contributed by atoms with Crippen molar-refractivity contribution in [2.75, 3.05) is 0 Å². The molecule has 6 heteroatoms. The summed E-state index contributed by atoms with van der Waals surface area (Å²) < 4.78 is 5.49. The van der Waals surface area contributed by atoms with Gasteiger partial charge in [0.05, 0.1) is 11.0 Å². The van der Waals surface area contributed by atoms with Gasteiger partial charge in [0.2, 0.25) is 5.88 Å². The van der Waals surface area contributed by atoms with Crippen LogP contribution in [-0.4, -0.2) is 9.91 Å². The number of nitro groups is 1. The van der Waals surface area contributed by atoms with Crippen molar-refractivity contribution in [3.63, 3.8) is 0 Å². The van der Waals surface area contributed by atoms with Gasteiger partial charge in [-0.05, 0) is 24.6 Å². The maximum absolute atomic E-state index is 10.7. The number of nitrogens with two attached hydrogens (primary N) is 1. The van der Waals surface area contributed by atoms with Crippen LogP contribution < -0.4 is 10.5 Å². The number of hydrogen-bond donors (Lipinski definition) is 1. The highest BCUT2D eigenvalue weighted by Crippen LogP contribution is 2.25. The van der Waals surface area contributed by atoms with Gasteiger partial charge >= 0.3 is 0 Å². The molecule has 1 heterocycles. The van der Waals surface area contributed by atoms with Gasteiger partial charge in [-0.25, -0.2) is 4.98 Å². The molecule has 0 aliphatic carbocycles. The zero-order chi connectivity index (χ0) is 13.8. The fourth-order valence-electron chi connectivity index (χ4n) is 1.55. The maximum Gasteiger partial charge on any atom is 0.273 e. The van der Waals surface area contributed by atoms with Crippen molar-refractivity contribution >= 4 is 5.69 Å². The Morgan fingerprint density at radius 1 is 1.37 bits per heavy atom. The predicted molar refractivity (Wildman–Crippen MR) is 70.0 cm³/mol. The molecule has 0 saturated carbocycles. The van der Waals surface area contributed by atoms with Gasteiger partial charge in [0.1, 0.15) is 5.75 Å². The summed E-state index contributed by atoms with van der Waals surface area (Å²) in [5.74, 6) is 0.721. The van der Waals surface area contributed by atoms with Crippen LogP contribution in [0, 0.1) is 10.1 Å². The Morgan fingerprint density at radius 3 is 2.84 bits per heavy atom. The molecule has 2 N–H and O–H groups in total. The van der Waals surface area contributed by atoms with E-state index in [2.05, 4.69) is 4.98 Å². The van der Waals surface area contributed by atoms with E-state index in [1.54, 1.807) is 30.5 Å². The van der Waals surface area contributed by atoms with Crippen LogP contribution in [0.2, 0.25) is 0 Å². The van der Waals surface area contributed by atoms with E-state index in [9.17, 15) is 10.1 Å². The van der Waals surface area contributed by atoms with Crippen molar-refractivity contribution in [2.24, 2.45) is 5.73 Å². The number of rotatable bonds is 4. The molecule has 1 aromatic heterocycles. The molecular formula is C13H13N3O3. The van der Waals surface area contributed by atoms with Crippen molar-refractivity contribution in [3.05, 3.63) is 58.3 Å². The highest BCUT2D eigenvalue weighted by molar-refractivity contribution is 5.39. The second-order valence-corrected chi connectivity index (χ2v) is 4.07. The van der Waals surface area contributed by atoms with Crippen LogP contribution in [0.4, 0.5) is 5.69 Å². The van der Waals surface area contributed by atoms with Crippen LogP contribution in [-0.2, 0) is 0 Å². The van der Waals surface area contributed by atoms with Crippen LogP contribution >= 0.6 is 0 Å². The van der Waals surface area contributed by atoms with Crippen molar-refractivity contribution < 1.29 is 9.66 Å². The van der Waals surface area contributed by atoms with Crippen molar-refractivity contribution in [3.8, 4) is 11.6 Å². The Bertz CT molecular complexity index is 599. The molecule has 1 aromatic carbocycles. The average molecular weight is 259 g/mol. The van der Waals surface area contributed by atoms with Gasteiger partial charge in [0.25, 0.3) is 5.69 Å². The van der Waals surface area contributed by atoms with Gasteiger partial charge in [0, 0.05) is 24.4 Å². The van der Waals surface area contributed by atoms with Crippen LogP contribution in [0.5, 0.6) is 11.6 Å². The fourth-order valence-corrected chi connectivity index (χ4v) is 1.55. The third-order valence-electron chi connectivity index (χ3n) is 2.54. The summed E-state index contributed by atoms with van der Waals surface area (Å²) in [5, 5.41) is 10.7. The van der Waals surface area contributed by atoms with E-state index in [0.29, 0.717) is 11.6 Å². The van der Waals surface area contributed by atoms with E-state index >= 15 is 0 Å². The minimum Gasteiger partial charge on any atom is -0.439 e. The number of aromatic nitrogens is 1. The summed E-state index contributed by atoms with van der Waals surface area (Å²) in [5.41, 5.74) is 6.62. The zero-order valence-corrected chi connectivity index (χ0v) is 10.3. The van der Waals surface area contributed by atoms with E-state index in [-0.39, 0.29) is 11.7 Å². The maximum atomic E-state index is 10.7. The topological polar surface area (TPSA) is 91.3 Å². The predicted octanol–water partition coefficient (Wildman–Crippen LogP) is 2.80. The normalized spacial score (nSPS) is 11.9. The smallest absolute Gasteiger partial charge is 0.273 e. The molecule has 2 aromatic rings. The third-order valence-corrected chi connectivity index (χ3v) is 2.54. The first-order valence-corrected chi connectivity index (χ1v) is 5.70. The molecule has 19 heavy (non-hydrogen) atoms. The summed E-state index contributed by atoms with van der Waals surface area (Å²) in [4.78, 5) is 14.2. The van der Waals surface area contributed by atoms with E-state index in [1.807, 2.05) is 6.92 Å².